The zero-order valence-electron chi connectivity index (χ0n) is 32.6. The second kappa shape index (κ2) is 38.0. The van der Waals surface area contributed by atoms with Crippen LogP contribution < -0.4 is 5.73 Å². The summed E-state index contributed by atoms with van der Waals surface area (Å²) in [7, 11) is -4.37. The van der Waals surface area contributed by atoms with Crippen molar-refractivity contribution in [3.8, 4) is 0 Å². The number of nitrogens with two attached hydrogens (primary N) is 1. The van der Waals surface area contributed by atoms with Gasteiger partial charge in [0.25, 0.3) is 0 Å². The van der Waals surface area contributed by atoms with Crippen LogP contribution in [0.4, 0.5) is 0 Å². The SMILES string of the molecule is CCCCC/C=C\C/C=C\C/C=C\CCCCCCCCC(=O)OC(COC(=O)CCCCCCCCCCCCC)COP(=O)(O)OCCN. The average molecular weight is 742 g/mol. The number of ether oxygens (including phenoxy) is 2. The van der Waals surface area contributed by atoms with Gasteiger partial charge < -0.3 is 20.1 Å². The zero-order chi connectivity index (χ0) is 37.5. The van der Waals surface area contributed by atoms with Gasteiger partial charge in [-0.1, -0.05) is 153 Å². The Bertz CT molecular complexity index is 939. The minimum absolute atomic E-state index is 0.0512. The summed E-state index contributed by atoms with van der Waals surface area (Å²) in [5.74, 6) is -0.842. The van der Waals surface area contributed by atoms with Crippen LogP contribution in [0.3, 0.4) is 0 Å². The molecule has 298 valence electrons. The minimum Gasteiger partial charge on any atom is -0.462 e. The largest absolute Gasteiger partial charge is 0.472 e. The summed E-state index contributed by atoms with van der Waals surface area (Å²) < 4.78 is 32.7. The number of esters is 2. The third-order valence-corrected chi connectivity index (χ3v) is 9.51. The van der Waals surface area contributed by atoms with E-state index in [-0.39, 0.29) is 38.6 Å². The summed E-state index contributed by atoms with van der Waals surface area (Å²) in [6.45, 7) is 3.68. The van der Waals surface area contributed by atoms with Gasteiger partial charge in [-0.25, -0.2) is 4.57 Å². The molecule has 0 amide bonds. The lowest BCUT2D eigenvalue weighted by atomic mass is 10.1. The molecule has 0 aliphatic heterocycles. The maximum absolute atomic E-state index is 12.5. The number of carbonyl (C=O) groups is 2. The molecular weight excluding hydrogens is 665 g/mol. The molecule has 10 heteroatoms. The maximum atomic E-state index is 12.5. The van der Waals surface area contributed by atoms with Crippen LogP contribution in [0, 0.1) is 0 Å². The molecule has 0 aliphatic rings. The van der Waals surface area contributed by atoms with E-state index in [1.165, 1.54) is 77.0 Å². The lowest BCUT2D eigenvalue weighted by Gasteiger charge is -2.19. The Morgan fingerprint density at radius 3 is 1.55 bits per heavy atom. The van der Waals surface area contributed by atoms with Crippen molar-refractivity contribution in [2.45, 2.75) is 187 Å². The van der Waals surface area contributed by atoms with Gasteiger partial charge in [-0.15, -0.1) is 0 Å². The predicted molar refractivity (Wildman–Crippen MR) is 210 cm³/mol. The monoisotopic (exact) mass is 742 g/mol. The van der Waals surface area contributed by atoms with Crippen LogP contribution in [-0.2, 0) is 32.7 Å². The molecule has 0 saturated carbocycles. The van der Waals surface area contributed by atoms with E-state index in [9.17, 15) is 19.0 Å². The topological polar surface area (TPSA) is 134 Å². The number of unbranched alkanes of at least 4 members (excludes halogenated alkanes) is 19. The highest BCUT2D eigenvalue weighted by Crippen LogP contribution is 2.43. The molecule has 0 aliphatic carbocycles. The van der Waals surface area contributed by atoms with Crippen molar-refractivity contribution in [2.24, 2.45) is 5.73 Å². The van der Waals surface area contributed by atoms with Gasteiger partial charge >= 0.3 is 19.8 Å². The van der Waals surface area contributed by atoms with Crippen LogP contribution >= 0.6 is 7.82 Å². The average Bonchev–Trinajstić information content (AvgIpc) is 3.11. The van der Waals surface area contributed by atoms with Crippen LogP contribution in [0.25, 0.3) is 0 Å². The molecule has 0 saturated heterocycles. The first-order valence-corrected chi connectivity index (χ1v) is 22.0. The van der Waals surface area contributed by atoms with Crippen LogP contribution in [0.5, 0.6) is 0 Å². The molecule has 51 heavy (non-hydrogen) atoms. The Morgan fingerprint density at radius 2 is 1.02 bits per heavy atom. The molecule has 0 aromatic rings. The predicted octanol–water partition coefficient (Wildman–Crippen LogP) is 11.4. The lowest BCUT2D eigenvalue weighted by Crippen LogP contribution is -2.29. The molecule has 0 aromatic heterocycles. The first-order valence-electron chi connectivity index (χ1n) is 20.5. The number of hydrogen-bond acceptors (Lipinski definition) is 8. The summed E-state index contributed by atoms with van der Waals surface area (Å²) in [6.07, 6.45) is 40.3. The molecule has 0 heterocycles. The van der Waals surface area contributed by atoms with Gasteiger partial charge in [0.1, 0.15) is 6.61 Å². The van der Waals surface area contributed by atoms with Crippen molar-refractivity contribution in [2.75, 3.05) is 26.4 Å². The summed E-state index contributed by atoms with van der Waals surface area (Å²) >= 11 is 0. The maximum Gasteiger partial charge on any atom is 0.472 e. The zero-order valence-corrected chi connectivity index (χ0v) is 33.5. The van der Waals surface area contributed by atoms with Crippen molar-refractivity contribution >= 4 is 19.8 Å². The molecule has 0 bridgehead atoms. The van der Waals surface area contributed by atoms with Crippen LogP contribution in [-0.4, -0.2) is 49.3 Å². The highest BCUT2D eigenvalue weighted by Gasteiger charge is 2.26. The summed E-state index contributed by atoms with van der Waals surface area (Å²) in [5, 5.41) is 0. The highest BCUT2D eigenvalue weighted by molar-refractivity contribution is 7.47. The molecule has 0 fully saturated rings. The van der Waals surface area contributed by atoms with E-state index < -0.39 is 26.5 Å². The van der Waals surface area contributed by atoms with Gasteiger partial charge in [0, 0.05) is 19.4 Å². The van der Waals surface area contributed by atoms with Crippen molar-refractivity contribution in [3.63, 3.8) is 0 Å². The number of phosphoric ester groups is 1. The van der Waals surface area contributed by atoms with Gasteiger partial charge in [-0.2, -0.15) is 0 Å². The van der Waals surface area contributed by atoms with Crippen LogP contribution in [0.1, 0.15) is 181 Å². The fraction of sp³-hybridized carbons (Fsp3) is 0.805. The number of rotatable bonds is 38. The second-order valence-corrected chi connectivity index (χ2v) is 15.0. The van der Waals surface area contributed by atoms with E-state index in [2.05, 4.69) is 50.3 Å². The Balaban J connectivity index is 4.19. The standard InChI is InChI=1S/C41H76NO8P/c1-3-5-7-9-11-13-15-16-17-18-19-20-21-22-24-26-28-30-32-34-41(44)50-39(38-49-51(45,46)48-36-35-42)37-47-40(43)33-31-29-27-25-23-14-12-10-8-6-4-2/h11,13,16-17,19-20,39H,3-10,12,14-15,18,21-38,42H2,1-2H3,(H,45,46)/b13-11-,17-16-,20-19-. The summed E-state index contributed by atoms with van der Waals surface area (Å²) in [5.41, 5.74) is 5.33. The second-order valence-electron chi connectivity index (χ2n) is 13.5. The van der Waals surface area contributed by atoms with Gasteiger partial charge in [-0.3, -0.25) is 18.6 Å². The third kappa shape index (κ3) is 37.8. The van der Waals surface area contributed by atoms with E-state index in [1.54, 1.807) is 0 Å². The molecule has 0 spiro atoms. The number of allylic oxidation sites excluding steroid dienone is 6. The Morgan fingerprint density at radius 1 is 0.588 bits per heavy atom. The van der Waals surface area contributed by atoms with Crippen molar-refractivity contribution in [3.05, 3.63) is 36.5 Å². The van der Waals surface area contributed by atoms with E-state index in [0.717, 1.165) is 70.6 Å². The quantitative estimate of drug-likeness (QED) is 0.0274. The Hall–Kier alpha value is -1.77. The molecule has 0 aromatic carbocycles. The number of phosphoric acid groups is 1. The summed E-state index contributed by atoms with van der Waals surface area (Å²) in [4.78, 5) is 34.7. The van der Waals surface area contributed by atoms with Crippen molar-refractivity contribution in [1.29, 1.82) is 0 Å². The molecule has 2 unspecified atom stereocenters. The van der Waals surface area contributed by atoms with Gasteiger partial charge in [-0.05, 0) is 51.4 Å². The molecular formula is C41H76NO8P. The van der Waals surface area contributed by atoms with Gasteiger partial charge in [0.2, 0.25) is 0 Å². The minimum atomic E-state index is -4.37. The highest BCUT2D eigenvalue weighted by atomic mass is 31.2. The van der Waals surface area contributed by atoms with E-state index >= 15 is 0 Å². The van der Waals surface area contributed by atoms with E-state index in [1.807, 2.05) is 0 Å². The van der Waals surface area contributed by atoms with E-state index in [4.69, 9.17) is 24.3 Å². The number of carbonyl (C=O) groups excluding carboxylic acids is 2. The van der Waals surface area contributed by atoms with Gasteiger partial charge in [0.15, 0.2) is 6.10 Å². The van der Waals surface area contributed by atoms with Gasteiger partial charge in [0.05, 0.1) is 13.2 Å². The van der Waals surface area contributed by atoms with Crippen molar-refractivity contribution < 1.29 is 37.6 Å². The van der Waals surface area contributed by atoms with E-state index in [0.29, 0.717) is 6.42 Å². The molecule has 0 radical (unpaired) electrons. The Kier molecular flexibility index (Phi) is 36.7. The smallest absolute Gasteiger partial charge is 0.462 e. The normalized spacial score (nSPS) is 13.7. The summed E-state index contributed by atoms with van der Waals surface area (Å²) in [6, 6.07) is 0. The first-order chi connectivity index (χ1) is 24.8. The first kappa shape index (κ1) is 49.2. The van der Waals surface area contributed by atoms with Crippen LogP contribution in [0.15, 0.2) is 36.5 Å². The van der Waals surface area contributed by atoms with Crippen molar-refractivity contribution in [1.82, 2.24) is 0 Å². The Labute approximate surface area is 312 Å². The lowest BCUT2D eigenvalue weighted by molar-refractivity contribution is -0.161. The molecule has 0 rings (SSSR count). The fourth-order valence-electron chi connectivity index (χ4n) is 5.46. The fourth-order valence-corrected chi connectivity index (χ4v) is 6.23. The molecule has 3 N–H and O–H groups in total. The van der Waals surface area contributed by atoms with Crippen LogP contribution in [0.2, 0.25) is 0 Å². The molecule has 9 nitrogen and oxygen atoms in total. The third-order valence-electron chi connectivity index (χ3n) is 8.53. The molecule has 2 atom stereocenters. The number of hydrogen-bond donors (Lipinski definition) is 2.